The van der Waals surface area contributed by atoms with Crippen molar-refractivity contribution < 1.29 is 5.11 Å². The Kier molecular flexibility index (Phi) is 4.58. The predicted octanol–water partition coefficient (Wildman–Crippen LogP) is 2.26. The van der Waals surface area contributed by atoms with E-state index < -0.39 is 5.60 Å². The number of hydrogen-bond acceptors (Lipinski definition) is 5. The monoisotopic (exact) mass is 264 g/mol. The molecular weight excluding hydrogens is 240 g/mol. The molecule has 1 saturated carbocycles. The quantitative estimate of drug-likeness (QED) is 0.761. The van der Waals surface area contributed by atoms with Crippen molar-refractivity contribution in [3.8, 4) is 0 Å². The van der Waals surface area contributed by atoms with E-state index in [9.17, 15) is 5.11 Å². The van der Waals surface area contributed by atoms with Crippen LogP contribution in [0.2, 0.25) is 0 Å². The highest BCUT2D eigenvalue weighted by Gasteiger charge is 2.32. The van der Waals surface area contributed by atoms with Crippen LogP contribution >= 0.6 is 0 Å². The molecule has 2 atom stereocenters. The standard InChI is InChI=1S/C14H24N4O/c1-3-16-12-8-15-9-13(18-12)17-10-14(19)6-4-5-11(2)7-14/h8-9,11,19H,3-7,10H2,1-2H3,(H2,16,17,18). The lowest BCUT2D eigenvalue weighted by Crippen LogP contribution is -2.41. The van der Waals surface area contributed by atoms with Crippen molar-refractivity contribution in [1.29, 1.82) is 0 Å². The first kappa shape index (κ1) is 14.1. The third-order valence-electron chi connectivity index (χ3n) is 3.66. The molecule has 0 bridgehead atoms. The van der Waals surface area contributed by atoms with E-state index in [1.54, 1.807) is 12.4 Å². The van der Waals surface area contributed by atoms with Crippen LogP contribution in [0.4, 0.5) is 11.6 Å². The summed E-state index contributed by atoms with van der Waals surface area (Å²) >= 11 is 0. The second-order valence-corrected chi connectivity index (χ2v) is 5.60. The number of rotatable bonds is 5. The molecule has 5 heteroatoms. The number of hydrogen-bond donors (Lipinski definition) is 3. The van der Waals surface area contributed by atoms with E-state index in [-0.39, 0.29) is 0 Å². The molecule has 2 unspecified atom stereocenters. The first-order chi connectivity index (χ1) is 9.11. The third-order valence-corrected chi connectivity index (χ3v) is 3.66. The summed E-state index contributed by atoms with van der Waals surface area (Å²) in [5, 5.41) is 16.9. The van der Waals surface area contributed by atoms with Gasteiger partial charge in [-0.2, -0.15) is 0 Å². The molecule has 1 aromatic heterocycles. The van der Waals surface area contributed by atoms with E-state index >= 15 is 0 Å². The average Bonchev–Trinajstić information content (AvgIpc) is 2.37. The van der Waals surface area contributed by atoms with Gasteiger partial charge in [0.2, 0.25) is 0 Å². The second-order valence-electron chi connectivity index (χ2n) is 5.60. The molecule has 19 heavy (non-hydrogen) atoms. The van der Waals surface area contributed by atoms with Gasteiger partial charge in [0.1, 0.15) is 11.6 Å². The van der Waals surface area contributed by atoms with E-state index in [2.05, 4.69) is 27.5 Å². The van der Waals surface area contributed by atoms with Gasteiger partial charge in [-0.25, -0.2) is 4.98 Å². The third kappa shape index (κ3) is 4.06. The van der Waals surface area contributed by atoms with Gasteiger partial charge in [-0.05, 0) is 25.7 Å². The summed E-state index contributed by atoms with van der Waals surface area (Å²) in [6.07, 6.45) is 7.44. The van der Waals surface area contributed by atoms with Crippen molar-refractivity contribution in [1.82, 2.24) is 9.97 Å². The Labute approximate surface area is 114 Å². The number of nitrogens with one attached hydrogen (secondary N) is 2. The molecule has 0 amide bonds. The highest BCUT2D eigenvalue weighted by molar-refractivity contribution is 5.41. The summed E-state index contributed by atoms with van der Waals surface area (Å²) in [7, 11) is 0. The maximum absolute atomic E-state index is 10.5. The van der Waals surface area contributed by atoms with Crippen LogP contribution in [-0.2, 0) is 0 Å². The van der Waals surface area contributed by atoms with Crippen LogP contribution in [-0.4, -0.2) is 33.8 Å². The first-order valence-electron chi connectivity index (χ1n) is 7.13. The van der Waals surface area contributed by atoms with E-state index in [1.807, 2.05) is 6.92 Å². The number of nitrogens with zero attached hydrogens (tertiary/aromatic N) is 2. The van der Waals surface area contributed by atoms with Gasteiger partial charge in [-0.15, -0.1) is 0 Å². The average molecular weight is 264 g/mol. The number of aromatic nitrogens is 2. The van der Waals surface area contributed by atoms with Crippen molar-refractivity contribution in [2.24, 2.45) is 5.92 Å². The summed E-state index contributed by atoms with van der Waals surface area (Å²) < 4.78 is 0. The lowest BCUT2D eigenvalue weighted by atomic mass is 9.79. The molecule has 0 saturated heterocycles. The Morgan fingerprint density at radius 1 is 1.37 bits per heavy atom. The minimum absolute atomic E-state index is 0.543. The lowest BCUT2D eigenvalue weighted by Gasteiger charge is -2.35. The maximum Gasteiger partial charge on any atom is 0.147 e. The van der Waals surface area contributed by atoms with Crippen molar-refractivity contribution >= 4 is 11.6 Å². The smallest absolute Gasteiger partial charge is 0.147 e. The van der Waals surface area contributed by atoms with Gasteiger partial charge in [0.25, 0.3) is 0 Å². The van der Waals surface area contributed by atoms with E-state index in [4.69, 9.17) is 0 Å². The van der Waals surface area contributed by atoms with Crippen molar-refractivity contribution in [3.63, 3.8) is 0 Å². The van der Waals surface area contributed by atoms with E-state index in [0.717, 1.165) is 31.6 Å². The fourth-order valence-electron chi connectivity index (χ4n) is 2.77. The summed E-state index contributed by atoms with van der Waals surface area (Å²) in [5.41, 5.74) is -0.604. The molecule has 3 N–H and O–H groups in total. The summed E-state index contributed by atoms with van der Waals surface area (Å²) in [4.78, 5) is 8.54. The molecule has 1 aliphatic carbocycles. The molecule has 0 spiro atoms. The van der Waals surface area contributed by atoms with Gasteiger partial charge < -0.3 is 15.7 Å². The number of anilines is 2. The molecule has 1 aromatic rings. The molecule has 5 nitrogen and oxygen atoms in total. The maximum atomic E-state index is 10.5. The minimum atomic E-state index is -0.604. The second kappa shape index (κ2) is 6.19. The zero-order valence-electron chi connectivity index (χ0n) is 11.8. The Hall–Kier alpha value is -1.36. The van der Waals surface area contributed by atoms with E-state index in [0.29, 0.717) is 18.3 Å². The SMILES string of the molecule is CCNc1cncc(NCC2(O)CCCC(C)C2)n1. The van der Waals surface area contributed by atoms with Crippen LogP contribution < -0.4 is 10.6 Å². The van der Waals surface area contributed by atoms with Gasteiger partial charge >= 0.3 is 0 Å². The van der Waals surface area contributed by atoms with Crippen LogP contribution in [0.15, 0.2) is 12.4 Å². The highest BCUT2D eigenvalue weighted by Crippen LogP contribution is 2.32. The molecule has 1 heterocycles. The first-order valence-corrected chi connectivity index (χ1v) is 7.13. The molecule has 0 aliphatic heterocycles. The fraction of sp³-hybridized carbons (Fsp3) is 0.714. The van der Waals surface area contributed by atoms with Crippen molar-refractivity contribution in [3.05, 3.63) is 12.4 Å². The van der Waals surface area contributed by atoms with Gasteiger partial charge in [-0.1, -0.05) is 19.8 Å². The molecule has 1 aliphatic rings. The predicted molar refractivity (Wildman–Crippen MR) is 77.3 cm³/mol. The van der Waals surface area contributed by atoms with Crippen LogP contribution in [0.3, 0.4) is 0 Å². The molecule has 0 radical (unpaired) electrons. The van der Waals surface area contributed by atoms with Crippen LogP contribution in [0.5, 0.6) is 0 Å². The Bertz CT molecular complexity index is 412. The van der Waals surface area contributed by atoms with Crippen molar-refractivity contribution in [2.45, 2.75) is 45.1 Å². The van der Waals surface area contributed by atoms with Crippen LogP contribution in [0.25, 0.3) is 0 Å². The van der Waals surface area contributed by atoms with Crippen LogP contribution in [0.1, 0.15) is 39.5 Å². The topological polar surface area (TPSA) is 70.1 Å². The Balaban J connectivity index is 1.92. The molecule has 1 fully saturated rings. The van der Waals surface area contributed by atoms with Crippen molar-refractivity contribution in [2.75, 3.05) is 23.7 Å². The normalized spacial score (nSPS) is 27.0. The fourth-order valence-corrected chi connectivity index (χ4v) is 2.77. The zero-order valence-corrected chi connectivity index (χ0v) is 11.8. The van der Waals surface area contributed by atoms with Gasteiger partial charge in [0.05, 0.1) is 18.0 Å². The molecule has 2 rings (SSSR count). The van der Waals surface area contributed by atoms with E-state index in [1.165, 1.54) is 6.42 Å². The molecule has 0 aromatic carbocycles. The highest BCUT2D eigenvalue weighted by atomic mass is 16.3. The Morgan fingerprint density at radius 2 is 2.11 bits per heavy atom. The van der Waals surface area contributed by atoms with Crippen LogP contribution in [0, 0.1) is 5.92 Å². The largest absolute Gasteiger partial charge is 0.388 e. The summed E-state index contributed by atoms with van der Waals surface area (Å²) in [5.74, 6) is 2.07. The van der Waals surface area contributed by atoms with Gasteiger partial charge in [0, 0.05) is 13.1 Å². The molecular formula is C14H24N4O. The molecule has 106 valence electrons. The lowest BCUT2D eigenvalue weighted by molar-refractivity contribution is -0.000829. The van der Waals surface area contributed by atoms with Gasteiger partial charge in [0.15, 0.2) is 0 Å². The summed E-state index contributed by atoms with van der Waals surface area (Å²) in [6.45, 7) is 5.59. The van der Waals surface area contributed by atoms with Gasteiger partial charge in [-0.3, -0.25) is 4.98 Å². The summed E-state index contributed by atoms with van der Waals surface area (Å²) in [6, 6.07) is 0. The zero-order chi connectivity index (χ0) is 13.7. The minimum Gasteiger partial charge on any atom is -0.388 e. The Morgan fingerprint density at radius 3 is 2.79 bits per heavy atom. The number of aliphatic hydroxyl groups is 1.